The monoisotopic (exact) mass is 188 g/mol. The predicted molar refractivity (Wildman–Crippen MR) is 33.4 cm³/mol. The third-order valence-corrected chi connectivity index (χ3v) is 2.09. The summed E-state index contributed by atoms with van der Waals surface area (Å²) in [5, 5.41) is 0. The molecule has 3 unspecified atom stereocenters. The van der Waals surface area contributed by atoms with Crippen LogP contribution in [0.3, 0.4) is 0 Å². The third kappa shape index (κ3) is 1.87. The van der Waals surface area contributed by atoms with E-state index < -0.39 is 43.7 Å². The first kappa shape index (κ1) is 9.74. The summed E-state index contributed by atoms with van der Waals surface area (Å²) in [4.78, 5) is 0. The molecule has 1 fully saturated rings. The van der Waals surface area contributed by atoms with Gasteiger partial charge in [-0.1, -0.05) is 0 Å². The van der Waals surface area contributed by atoms with Crippen molar-refractivity contribution >= 4 is 0 Å². The molecule has 12 heavy (non-hydrogen) atoms. The molecule has 5 heteroatoms. The molecule has 0 amide bonds. The Kier molecular flexibility index (Phi) is 2.90. The lowest BCUT2D eigenvalue weighted by atomic mass is 9.85. The van der Waals surface area contributed by atoms with Crippen molar-refractivity contribution in [2.24, 2.45) is 5.92 Å². The number of hydrogen-bond donors (Lipinski definition) is 0. The van der Waals surface area contributed by atoms with E-state index in [9.17, 15) is 22.0 Å². The molecule has 0 aromatic carbocycles. The van der Waals surface area contributed by atoms with Gasteiger partial charge in [-0.3, -0.25) is 0 Å². The summed E-state index contributed by atoms with van der Waals surface area (Å²) in [6.07, 6.45) is -9.97. The molecule has 0 heterocycles. The van der Waals surface area contributed by atoms with Gasteiger partial charge in [0.05, 0.1) is 5.92 Å². The Balaban J connectivity index is 2.60. The van der Waals surface area contributed by atoms with E-state index in [1.165, 1.54) is 0 Å². The fraction of sp³-hybridized carbons (Fsp3) is 1.00. The van der Waals surface area contributed by atoms with E-state index in [1.54, 1.807) is 0 Å². The zero-order valence-electron chi connectivity index (χ0n) is 6.19. The highest BCUT2D eigenvalue weighted by Gasteiger charge is 2.43. The van der Waals surface area contributed by atoms with Crippen LogP contribution < -0.4 is 0 Å². The van der Waals surface area contributed by atoms with Crippen LogP contribution in [0.1, 0.15) is 12.8 Å². The summed E-state index contributed by atoms with van der Waals surface area (Å²) in [6.45, 7) is 0. The minimum Gasteiger partial charge on any atom is -0.247 e. The van der Waals surface area contributed by atoms with Crippen molar-refractivity contribution in [3.05, 3.63) is 0 Å². The predicted octanol–water partition coefficient (Wildman–Crippen LogP) is 2.68. The highest BCUT2D eigenvalue weighted by Crippen LogP contribution is 2.35. The molecule has 1 aliphatic rings. The fourth-order valence-electron chi connectivity index (χ4n) is 1.44. The van der Waals surface area contributed by atoms with Crippen molar-refractivity contribution in [2.75, 3.05) is 0 Å². The van der Waals surface area contributed by atoms with Crippen LogP contribution in [0.5, 0.6) is 0 Å². The van der Waals surface area contributed by atoms with E-state index in [-0.39, 0.29) is 0 Å². The van der Waals surface area contributed by atoms with Gasteiger partial charge in [0.15, 0.2) is 0 Å². The van der Waals surface area contributed by atoms with E-state index in [2.05, 4.69) is 0 Å². The average Bonchev–Trinajstić information content (AvgIpc) is 1.82. The van der Waals surface area contributed by atoms with Gasteiger partial charge in [-0.05, 0) is 0 Å². The van der Waals surface area contributed by atoms with E-state index >= 15 is 0 Å². The Morgan fingerprint density at radius 3 is 1.67 bits per heavy atom. The van der Waals surface area contributed by atoms with Crippen molar-refractivity contribution in [1.82, 2.24) is 0 Å². The molecule has 0 saturated heterocycles. The maximum absolute atomic E-state index is 12.6. The van der Waals surface area contributed by atoms with Crippen molar-refractivity contribution in [1.29, 1.82) is 0 Å². The Morgan fingerprint density at radius 2 is 1.33 bits per heavy atom. The number of halogens is 5. The van der Waals surface area contributed by atoms with E-state index in [1.807, 2.05) is 0 Å². The standard InChI is InChI=1S/C7H9F5/c8-3-1-4(9)6(7(11)12)5(10)2-3/h3-7H,1-2H2/t3?,4-,5?,6?/m0/s1. The van der Waals surface area contributed by atoms with Crippen molar-refractivity contribution in [3.8, 4) is 0 Å². The zero-order valence-corrected chi connectivity index (χ0v) is 6.19. The Hall–Kier alpha value is -0.350. The molecule has 0 bridgehead atoms. The highest BCUT2D eigenvalue weighted by molar-refractivity contribution is 4.88. The lowest BCUT2D eigenvalue weighted by molar-refractivity contribution is -0.0572. The van der Waals surface area contributed by atoms with Gasteiger partial charge in [-0.25, -0.2) is 22.0 Å². The Labute approximate surface area is 66.8 Å². The number of rotatable bonds is 1. The summed E-state index contributed by atoms with van der Waals surface area (Å²) < 4.78 is 61.6. The van der Waals surface area contributed by atoms with Crippen molar-refractivity contribution in [2.45, 2.75) is 37.8 Å². The van der Waals surface area contributed by atoms with Crippen molar-refractivity contribution < 1.29 is 22.0 Å². The van der Waals surface area contributed by atoms with Crippen LogP contribution in [0.2, 0.25) is 0 Å². The lowest BCUT2D eigenvalue weighted by Crippen LogP contribution is -2.40. The van der Waals surface area contributed by atoms with Crippen LogP contribution >= 0.6 is 0 Å². The summed E-state index contributed by atoms with van der Waals surface area (Å²) >= 11 is 0. The molecule has 0 nitrogen and oxygen atoms in total. The lowest BCUT2D eigenvalue weighted by Gasteiger charge is -2.30. The molecule has 1 rings (SSSR count). The maximum Gasteiger partial charge on any atom is 0.247 e. The van der Waals surface area contributed by atoms with Crippen LogP contribution in [0.15, 0.2) is 0 Å². The summed E-state index contributed by atoms with van der Waals surface area (Å²) in [5.74, 6) is -1.93. The van der Waals surface area contributed by atoms with Gasteiger partial charge in [-0.2, -0.15) is 0 Å². The van der Waals surface area contributed by atoms with Crippen LogP contribution in [-0.2, 0) is 0 Å². The molecule has 0 aromatic rings. The van der Waals surface area contributed by atoms with Crippen LogP contribution in [0.25, 0.3) is 0 Å². The molecule has 4 atom stereocenters. The SMILES string of the molecule is FC1CC(F)C(C(F)F)[C@@H](F)C1. The van der Waals surface area contributed by atoms with Gasteiger partial charge >= 0.3 is 0 Å². The Morgan fingerprint density at radius 1 is 0.917 bits per heavy atom. The minimum atomic E-state index is -3.04. The number of hydrogen-bond acceptors (Lipinski definition) is 0. The summed E-state index contributed by atoms with van der Waals surface area (Å²) in [7, 11) is 0. The molecule has 0 aromatic heterocycles. The van der Waals surface area contributed by atoms with Crippen LogP contribution in [-0.4, -0.2) is 24.9 Å². The minimum absolute atomic E-state index is 0.602. The topological polar surface area (TPSA) is 0 Å². The van der Waals surface area contributed by atoms with E-state index in [4.69, 9.17) is 0 Å². The number of alkyl halides is 5. The first-order valence-corrected chi connectivity index (χ1v) is 3.72. The van der Waals surface area contributed by atoms with Gasteiger partial charge in [0.25, 0.3) is 0 Å². The van der Waals surface area contributed by atoms with Gasteiger partial charge in [0, 0.05) is 12.8 Å². The van der Waals surface area contributed by atoms with Crippen LogP contribution in [0.4, 0.5) is 22.0 Å². The molecule has 72 valence electrons. The first-order chi connectivity index (χ1) is 5.52. The van der Waals surface area contributed by atoms with Gasteiger partial charge < -0.3 is 0 Å². The second kappa shape index (κ2) is 3.58. The smallest absolute Gasteiger partial charge is 0.247 e. The zero-order chi connectivity index (χ0) is 9.30. The normalized spacial score (nSPS) is 43.5. The van der Waals surface area contributed by atoms with E-state index in [0.29, 0.717) is 0 Å². The van der Waals surface area contributed by atoms with Crippen molar-refractivity contribution in [3.63, 3.8) is 0 Å². The van der Waals surface area contributed by atoms with Gasteiger partial charge in [-0.15, -0.1) is 0 Å². The highest BCUT2D eigenvalue weighted by atomic mass is 19.3. The van der Waals surface area contributed by atoms with Crippen LogP contribution in [0, 0.1) is 5.92 Å². The second-order valence-corrected chi connectivity index (χ2v) is 3.01. The van der Waals surface area contributed by atoms with Gasteiger partial charge in [0.2, 0.25) is 6.43 Å². The molecule has 0 N–H and O–H groups in total. The quantitative estimate of drug-likeness (QED) is 0.555. The Bertz CT molecular complexity index is 137. The average molecular weight is 188 g/mol. The largest absolute Gasteiger partial charge is 0.247 e. The van der Waals surface area contributed by atoms with Gasteiger partial charge in [0.1, 0.15) is 18.5 Å². The third-order valence-electron chi connectivity index (χ3n) is 2.09. The molecule has 0 aliphatic heterocycles. The van der Waals surface area contributed by atoms with E-state index in [0.717, 1.165) is 0 Å². The summed E-state index contributed by atoms with van der Waals surface area (Å²) in [6, 6.07) is 0. The molecular weight excluding hydrogens is 179 g/mol. The first-order valence-electron chi connectivity index (χ1n) is 3.72. The maximum atomic E-state index is 12.6. The molecule has 1 aliphatic carbocycles. The fourth-order valence-corrected chi connectivity index (χ4v) is 1.44. The molecular formula is C7H9F5. The second-order valence-electron chi connectivity index (χ2n) is 3.01. The molecule has 0 radical (unpaired) electrons. The molecule has 0 spiro atoms. The summed E-state index contributed by atoms with van der Waals surface area (Å²) in [5.41, 5.74) is 0. The molecule has 1 saturated carbocycles.